The van der Waals surface area contributed by atoms with Gasteiger partial charge >= 0.3 is 5.69 Å². The Morgan fingerprint density at radius 1 is 1.00 bits per heavy atom. The highest BCUT2D eigenvalue weighted by Gasteiger charge is 2.43. The van der Waals surface area contributed by atoms with E-state index in [1.165, 1.54) is 64.0 Å². The van der Waals surface area contributed by atoms with E-state index in [0.717, 1.165) is 17.4 Å². The summed E-state index contributed by atoms with van der Waals surface area (Å²) in [6, 6.07) is 2.00. The van der Waals surface area contributed by atoms with Crippen LogP contribution in [-0.4, -0.2) is 55.8 Å². The molecule has 0 bridgehead atoms. The lowest BCUT2D eigenvalue weighted by atomic mass is 9.98. The Kier molecular flexibility index (Phi) is 8.47. The van der Waals surface area contributed by atoms with Crippen LogP contribution < -0.4 is 11.0 Å². The third-order valence-corrected chi connectivity index (χ3v) is 6.08. The van der Waals surface area contributed by atoms with Gasteiger partial charge in [-0.3, -0.25) is 4.57 Å². The van der Waals surface area contributed by atoms with Gasteiger partial charge in [-0.05, 0) is 18.9 Å². The highest BCUT2D eigenvalue weighted by atomic mass is 16.6. The number of aliphatic hydroxyl groups is 3. The van der Waals surface area contributed by atoms with Crippen molar-refractivity contribution in [3.8, 4) is 0 Å². The number of nitrogens with zero attached hydrogens (tertiary/aromatic N) is 2. The lowest BCUT2D eigenvalue weighted by molar-refractivity contribution is -0.0549. The molecule has 2 aliphatic rings. The van der Waals surface area contributed by atoms with E-state index in [-0.39, 0.29) is 0 Å². The Balaban J connectivity index is 1.63. The Labute approximate surface area is 171 Å². The van der Waals surface area contributed by atoms with Gasteiger partial charge in [-0.1, -0.05) is 57.8 Å². The van der Waals surface area contributed by atoms with Gasteiger partial charge in [0, 0.05) is 12.2 Å². The average Bonchev–Trinajstić information content (AvgIpc) is 2.98. The van der Waals surface area contributed by atoms with E-state index in [1.807, 2.05) is 0 Å². The number of anilines is 1. The third kappa shape index (κ3) is 6.01. The Hall–Kier alpha value is -1.48. The van der Waals surface area contributed by atoms with Crippen LogP contribution in [0.4, 0.5) is 5.82 Å². The summed E-state index contributed by atoms with van der Waals surface area (Å²) in [6.07, 6.45) is 10.6. The topological polar surface area (TPSA) is 117 Å². The Morgan fingerprint density at radius 3 is 2.10 bits per heavy atom. The van der Waals surface area contributed by atoms with Crippen LogP contribution in [0.15, 0.2) is 17.1 Å². The molecule has 1 aromatic heterocycles. The molecule has 1 saturated heterocycles. The highest BCUT2D eigenvalue weighted by molar-refractivity contribution is 5.33. The van der Waals surface area contributed by atoms with E-state index >= 15 is 0 Å². The SMILES string of the molecule is O=c1nc(NC2CCCCCCCCCCC2)ccn1[C@H]1O[C@@H](CO)[C@@H](O)[C@H]1O. The molecule has 0 unspecified atom stereocenters. The molecule has 1 aliphatic carbocycles. The fraction of sp³-hybridized carbons (Fsp3) is 0.810. The maximum atomic E-state index is 12.5. The predicted molar refractivity (Wildman–Crippen MR) is 110 cm³/mol. The van der Waals surface area contributed by atoms with Crippen molar-refractivity contribution in [2.24, 2.45) is 0 Å². The van der Waals surface area contributed by atoms with Crippen LogP contribution in [0.5, 0.6) is 0 Å². The number of rotatable bonds is 4. The lowest BCUT2D eigenvalue weighted by Gasteiger charge is -2.21. The van der Waals surface area contributed by atoms with E-state index in [2.05, 4.69) is 10.3 Å². The van der Waals surface area contributed by atoms with Crippen molar-refractivity contribution in [1.82, 2.24) is 9.55 Å². The molecule has 0 radical (unpaired) electrons. The quantitative estimate of drug-likeness (QED) is 0.600. The smallest absolute Gasteiger partial charge is 0.351 e. The molecule has 4 N–H and O–H groups in total. The molecule has 8 nitrogen and oxygen atoms in total. The number of nitrogens with one attached hydrogen (secondary N) is 1. The molecule has 2 heterocycles. The van der Waals surface area contributed by atoms with Gasteiger partial charge in [0.25, 0.3) is 0 Å². The summed E-state index contributed by atoms with van der Waals surface area (Å²) < 4.78 is 6.58. The molecule has 0 amide bonds. The van der Waals surface area contributed by atoms with Crippen molar-refractivity contribution in [3.05, 3.63) is 22.7 Å². The Morgan fingerprint density at radius 2 is 1.59 bits per heavy atom. The molecule has 1 aliphatic heterocycles. The van der Waals surface area contributed by atoms with Crippen LogP contribution in [0.25, 0.3) is 0 Å². The summed E-state index contributed by atoms with van der Waals surface area (Å²) in [6.45, 7) is -0.432. The van der Waals surface area contributed by atoms with E-state index in [0.29, 0.717) is 11.9 Å². The molecule has 29 heavy (non-hydrogen) atoms. The van der Waals surface area contributed by atoms with Gasteiger partial charge in [0.2, 0.25) is 0 Å². The van der Waals surface area contributed by atoms with E-state index in [4.69, 9.17) is 4.74 Å². The fourth-order valence-corrected chi connectivity index (χ4v) is 4.31. The van der Waals surface area contributed by atoms with Crippen molar-refractivity contribution >= 4 is 5.82 Å². The van der Waals surface area contributed by atoms with Crippen LogP contribution in [0.1, 0.15) is 76.9 Å². The molecule has 8 heteroatoms. The van der Waals surface area contributed by atoms with E-state index < -0.39 is 36.8 Å². The van der Waals surface area contributed by atoms with Gasteiger partial charge in [0.05, 0.1) is 6.61 Å². The largest absolute Gasteiger partial charge is 0.394 e. The van der Waals surface area contributed by atoms with Crippen LogP contribution in [0.2, 0.25) is 0 Å². The van der Waals surface area contributed by atoms with Crippen LogP contribution in [0.3, 0.4) is 0 Å². The lowest BCUT2D eigenvalue weighted by Crippen LogP contribution is -2.36. The minimum Gasteiger partial charge on any atom is -0.394 e. The second kappa shape index (κ2) is 11.1. The highest BCUT2D eigenvalue weighted by Crippen LogP contribution is 2.28. The number of aromatic nitrogens is 2. The first kappa shape index (κ1) is 22.2. The molecular weight excluding hydrogens is 374 g/mol. The molecule has 1 aromatic rings. The second-order valence-electron chi connectivity index (χ2n) is 8.33. The van der Waals surface area contributed by atoms with Crippen LogP contribution >= 0.6 is 0 Å². The molecule has 1 saturated carbocycles. The van der Waals surface area contributed by atoms with Crippen molar-refractivity contribution < 1.29 is 20.1 Å². The molecule has 0 spiro atoms. The first-order chi connectivity index (χ1) is 14.1. The first-order valence-corrected chi connectivity index (χ1v) is 11.1. The van der Waals surface area contributed by atoms with Crippen molar-refractivity contribution in [2.45, 2.75) is 101 Å². The average molecular weight is 410 g/mol. The molecule has 164 valence electrons. The van der Waals surface area contributed by atoms with Gasteiger partial charge in [-0.2, -0.15) is 4.98 Å². The summed E-state index contributed by atoms with van der Waals surface area (Å²) in [5.74, 6) is 0.523. The number of hydrogen-bond acceptors (Lipinski definition) is 7. The molecular formula is C21H35N3O5. The Bertz CT molecular complexity index is 671. The standard InChI is InChI=1S/C21H35N3O5/c25-14-16-18(26)19(27)20(29-16)24-13-12-17(23-21(24)28)22-15-10-8-6-4-2-1-3-5-7-9-11-15/h12-13,15-16,18-20,25-27H,1-11,14H2,(H,22,23,28)/t16-,18+,19+,20-/m0/s1. The maximum absolute atomic E-state index is 12.5. The van der Waals surface area contributed by atoms with Crippen LogP contribution in [0, 0.1) is 0 Å². The molecule has 2 fully saturated rings. The molecule has 0 aromatic carbocycles. The zero-order valence-corrected chi connectivity index (χ0v) is 17.1. The minimum atomic E-state index is -1.29. The van der Waals surface area contributed by atoms with E-state index in [1.54, 1.807) is 6.07 Å². The zero-order chi connectivity index (χ0) is 20.6. The third-order valence-electron chi connectivity index (χ3n) is 6.08. The normalized spacial score (nSPS) is 30.4. The van der Waals surface area contributed by atoms with Crippen molar-refractivity contribution in [3.63, 3.8) is 0 Å². The van der Waals surface area contributed by atoms with Gasteiger partial charge < -0.3 is 25.4 Å². The maximum Gasteiger partial charge on any atom is 0.351 e. The minimum absolute atomic E-state index is 0.297. The van der Waals surface area contributed by atoms with Crippen LogP contribution in [-0.2, 0) is 4.74 Å². The second-order valence-corrected chi connectivity index (χ2v) is 8.33. The monoisotopic (exact) mass is 409 g/mol. The van der Waals surface area contributed by atoms with E-state index in [9.17, 15) is 20.1 Å². The zero-order valence-electron chi connectivity index (χ0n) is 17.1. The first-order valence-electron chi connectivity index (χ1n) is 11.1. The number of hydrogen-bond donors (Lipinski definition) is 4. The summed E-state index contributed by atoms with van der Waals surface area (Å²) in [5, 5.41) is 32.7. The summed E-state index contributed by atoms with van der Waals surface area (Å²) in [5.41, 5.74) is -0.557. The van der Waals surface area contributed by atoms with Gasteiger partial charge in [-0.25, -0.2) is 4.79 Å². The number of aliphatic hydroxyl groups excluding tert-OH is 3. The van der Waals surface area contributed by atoms with Gasteiger partial charge in [0.15, 0.2) is 6.23 Å². The van der Waals surface area contributed by atoms with Crippen molar-refractivity contribution in [2.75, 3.05) is 11.9 Å². The fourth-order valence-electron chi connectivity index (χ4n) is 4.31. The van der Waals surface area contributed by atoms with Gasteiger partial charge in [-0.15, -0.1) is 0 Å². The predicted octanol–water partition coefficient (Wildman–Crippen LogP) is 1.94. The summed E-state index contributed by atoms with van der Waals surface area (Å²) in [4.78, 5) is 16.6. The van der Waals surface area contributed by atoms with Crippen molar-refractivity contribution in [1.29, 1.82) is 0 Å². The molecule has 3 rings (SSSR count). The number of ether oxygens (including phenoxy) is 1. The summed E-state index contributed by atoms with van der Waals surface area (Å²) >= 11 is 0. The van der Waals surface area contributed by atoms with Gasteiger partial charge in [0.1, 0.15) is 24.1 Å². The summed E-state index contributed by atoms with van der Waals surface area (Å²) in [7, 11) is 0. The molecule has 4 atom stereocenters.